The molecule has 0 spiro atoms. The molecule has 18 heavy (non-hydrogen) atoms. The van der Waals surface area contributed by atoms with Crippen LogP contribution in [0, 0.1) is 0 Å². The highest BCUT2D eigenvalue weighted by molar-refractivity contribution is 6.43. The van der Waals surface area contributed by atoms with E-state index in [0.717, 1.165) is 6.54 Å². The lowest BCUT2D eigenvalue weighted by atomic mass is 10.0. The maximum absolute atomic E-state index is 12.4. The fourth-order valence-electron chi connectivity index (χ4n) is 2.15. The van der Waals surface area contributed by atoms with E-state index < -0.39 is 0 Å². The van der Waals surface area contributed by atoms with Crippen molar-refractivity contribution in [2.75, 3.05) is 19.6 Å². The molecule has 1 aliphatic rings. The molecule has 1 fully saturated rings. The molecule has 1 amide bonds. The van der Waals surface area contributed by atoms with Gasteiger partial charge in [0.15, 0.2) is 0 Å². The fraction of sp³-hybridized carbons (Fsp3) is 0.462. The van der Waals surface area contributed by atoms with Crippen LogP contribution in [-0.2, 0) is 0 Å². The first-order chi connectivity index (χ1) is 8.41. The van der Waals surface area contributed by atoms with Crippen LogP contribution in [0.15, 0.2) is 18.2 Å². The quantitative estimate of drug-likeness (QED) is 0.861. The molecule has 0 aromatic heterocycles. The molecule has 5 heteroatoms. The van der Waals surface area contributed by atoms with Crippen LogP contribution in [0.1, 0.15) is 24.2 Å². The summed E-state index contributed by atoms with van der Waals surface area (Å²) in [6.45, 7) is 6.29. The van der Waals surface area contributed by atoms with Crippen molar-refractivity contribution < 1.29 is 4.79 Å². The largest absolute Gasteiger partial charge is 0.335 e. The van der Waals surface area contributed by atoms with Gasteiger partial charge in [-0.05, 0) is 26.0 Å². The van der Waals surface area contributed by atoms with Crippen molar-refractivity contribution in [1.82, 2.24) is 10.2 Å². The maximum atomic E-state index is 12.4. The van der Waals surface area contributed by atoms with Gasteiger partial charge < -0.3 is 10.2 Å². The Balaban J connectivity index is 2.23. The van der Waals surface area contributed by atoms with Crippen molar-refractivity contribution in [1.29, 1.82) is 0 Å². The molecule has 1 heterocycles. The zero-order valence-electron chi connectivity index (χ0n) is 10.5. The number of rotatable bonds is 1. The van der Waals surface area contributed by atoms with Crippen LogP contribution in [0.25, 0.3) is 0 Å². The summed E-state index contributed by atoms with van der Waals surface area (Å²) in [4.78, 5) is 14.2. The molecule has 0 unspecified atom stereocenters. The molecule has 1 N–H and O–H groups in total. The van der Waals surface area contributed by atoms with E-state index >= 15 is 0 Å². The van der Waals surface area contributed by atoms with Crippen LogP contribution in [0.5, 0.6) is 0 Å². The van der Waals surface area contributed by atoms with E-state index in [0.29, 0.717) is 28.7 Å². The Labute approximate surface area is 117 Å². The second kappa shape index (κ2) is 5.08. The van der Waals surface area contributed by atoms with E-state index in [2.05, 4.69) is 19.2 Å². The Bertz CT molecular complexity index is 474. The van der Waals surface area contributed by atoms with Crippen molar-refractivity contribution >= 4 is 29.1 Å². The van der Waals surface area contributed by atoms with E-state index in [-0.39, 0.29) is 11.4 Å². The van der Waals surface area contributed by atoms with Crippen LogP contribution in [0.4, 0.5) is 0 Å². The Morgan fingerprint density at radius 3 is 2.78 bits per heavy atom. The van der Waals surface area contributed by atoms with Crippen LogP contribution < -0.4 is 5.32 Å². The number of amides is 1. The van der Waals surface area contributed by atoms with Gasteiger partial charge in [-0.2, -0.15) is 0 Å². The first-order valence-electron chi connectivity index (χ1n) is 5.89. The number of hydrogen-bond acceptors (Lipinski definition) is 2. The minimum absolute atomic E-state index is 0.0583. The van der Waals surface area contributed by atoms with Crippen molar-refractivity contribution in [3.05, 3.63) is 33.8 Å². The number of nitrogens with one attached hydrogen (secondary N) is 1. The normalized spacial score (nSPS) is 18.8. The summed E-state index contributed by atoms with van der Waals surface area (Å²) in [5, 5.41) is 4.12. The molecular formula is C13H16Cl2N2O. The molecule has 1 aliphatic heterocycles. The first-order valence-corrected chi connectivity index (χ1v) is 6.65. The average molecular weight is 287 g/mol. The van der Waals surface area contributed by atoms with E-state index in [9.17, 15) is 4.79 Å². The van der Waals surface area contributed by atoms with Gasteiger partial charge in [-0.3, -0.25) is 4.79 Å². The maximum Gasteiger partial charge on any atom is 0.255 e. The van der Waals surface area contributed by atoms with E-state index in [4.69, 9.17) is 23.2 Å². The van der Waals surface area contributed by atoms with Gasteiger partial charge in [-0.25, -0.2) is 0 Å². The molecule has 1 saturated heterocycles. The summed E-state index contributed by atoms with van der Waals surface area (Å²) < 4.78 is 0. The third kappa shape index (κ3) is 2.79. The van der Waals surface area contributed by atoms with Crippen LogP contribution >= 0.6 is 23.2 Å². The Hall–Kier alpha value is -0.770. The molecule has 98 valence electrons. The van der Waals surface area contributed by atoms with Gasteiger partial charge >= 0.3 is 0 Å². The minimum atomic E-state index is -0.0705. The SMILES string of the molecule is CC1(C)CN(C(=O)c2cccc(Cl)c2Cl)CCN1. The first kappa shape index (κ1) is 13.7. The Kier molecular flexibility index (Phi) is 3.85. The van der Waals surface area contributed by atoms with Gasteiger partial charge in [-0.1, -0.05) is 29.3 Å². The molecular weight excluding hydrogens is 271 g/mol. The molecule has 0 saturated carbocycles. The third-order valence-electron chi connectivity index (χ3n) is 3.04. The summed E-state index contributed by atoms with van der Waals surface area (Å²) in [5.41, 5.74) is 0.403. The molecule has 0 atom stereocenters. The number of carbonyl (C=O) groups excluding carboxylic acids is 1. The number of nitrogens with zero attached hydrogens (tertiary/aromatic N) is 1. The lowest BCUT2D eigenvalue weighted by molar-refractivity contribution is 0.0652. The molecule has 3 nitrogen and oxygen atoms in total. The smallest absolute Gasteiger partial charge is 0.255 e. The van der Waals surface area contributed by atoms with E-state index in [1.165, 1.54) is 0 Å². The van der Waals surface area contributed by atoms with Gasteiger partial charge in [0.2, 0.25) is 0 Å². The zero-order valence-corrected chi connectivity index (χ0v) is 12.0. The summed E-state index contributed by atoms with van der Waals surface area (Å²) in [6.07, 6.45) is 0. The topological polar surface area (TPSA) is 32.3 Å². The van der Waals surface area contributed by atoms with Crippen LogP contribution in [0.2, 0.25) is 10.0 Å². The van der Waals surface area contributed by atoms with Crippen molar-refractivity contribution in [2.24, 2.45) is 0 Å². The van der Waals surface area contributed by atoms with E-state index in [1.54, 1.807) is 18.2 Å². The number of halogens is 2. The number of carbonyl (C=O) groups is 1. The van der Waals surface area contributed by atoms with E-state index in [1.807, 2.05) is 4.90 Å². The lowest BCUT2D eigenvalue weighted by Crippen LogP contribution is -2.58. The molecule has 0 radical (unpaired) electrons. The summed E-state index contributed by atoms with van der Waals surface area (Å²) in [5.74, 6) is -0.0583. The molecule has 1 aromatic rings. The van der Waals surface area contributed by atoms with Gasteiger partial charge in [0.05, 0.1) is 15.6 Å². The number of benzene rings is 1. The summed E-state index contributed by atoms with van der Waals surface area (Å²) in [7, 11) is 0. The highest BCUT2D eigenvalue weighted by atomic mass is 35.5. The summed E-state index contributed by atoms with van der Waals surface area (Å²) in [6, 6.07) is 5.14. The van der Waals surface area contributed by atoms with Crippen molar-refractivity contribution in [3.8, 4) is 0 Å². The fourth-order valence-corrected chi connectivity index (χ4v) is 2.54. The van der Waals surface area contributed by atoms with Crippen molar-refractivity contribution in [3.63, 3.8) is 0 Å². The molecule has 0 bridgehead atoms. The zero-order chi connectivity index (χ0) is 13.3. The Morgan fingerprint density at radius 1 is 1.39 bits per heavy atom. The number of hydrogen-bond donors (Lipinski definition) is 1. The van der Waals surface area contributed by atoms with Gasteiger partial charge in [-0.15, -0.1) is 0 Å². The second-order valence-corrected chi connectivity index (χ2v) is 5.92. The molecule has 2 rings (SSSR count). The highest BCUT2D eigenvalue weighted by Crippen LogP contribution is 2.27. The predicted molar refractivity (Wildman–Crippen MR) is 74.4 cm³/mol. The lowest BCUT2D eigenvalue weighted by Gasteiger charge is -2.39. The van der Waals surface area contributed by atoms with Crippen molar-refractivity contribution in [2.45, 2.75) is 19.4 Å². The van der Waals surface area contributed by atoms with Crippen LogP contribution in [-0.4, -0.2) is 36.0 Å². The number of piperazine rings is 1. The average Bonchev–Trinajstić information content (AvgIpc) is 2.30. The van der Waals surface area contributed by atoms with Gasteiger partial charge in [0.1, 0.15) is 0 Å². The predicted octanol–water partition coefficient (Wildman–Crippen LogP) is 2.82. The minimum Gasteiger partial charge on any atom is -0.335 e. The standard InChI is InChI=1S/C13H16Cl2N2O/c1-13(2)8-17(7-6-16-13)12(18)9-4-3-5-10(14)11(9)15/h3-5,16H,6-8H2,1-2H3. The Morgan fingerprint density at radius 2 is 2.11 bits per heavy atom. The highest BCUT2D eigenvalue weighted by Gasteiger charge is 2.30. The van der Waals surface area contributed by atoms with Gasteiger partial charge in [0, 0.05) is 25.2 Å². The monoisotopic (exact) mass is 286 g/mol. The third-order valence-corrected chi connectivity index (χ3v) is 3.86. The van der Waals surface area contributed by atoms with Crippen LogP contribution in [0.3, 0.4) is 0 Å². The molecule has 0 aliphatic carbocycles. The second-order valence-electron chi connectivity index (χ2n) is 5.14. The van der Waals surface area contributed by atoms with Gasteiger partial charge in [0.25, 0.3) is 5.91 Å². The summed E-state index contributed by atoms with van der Waals surface area (Å²) >= 11 is 12.0. The molecule has 1 aromatic carbocycles.